The molecular weight excluding hydrogens is 374 g/mol. The Hall–Kier alpha value is -2.82. The molecule has 2 aromatic carbocycles. The minimum Gasteiger partial charge on any atom is -0.491 e. The average molecular weight is 406 g/mol. The topological polar surface area (TPSA) is 47.4 Å². The van der Waals surface area contributed by atoms with Crippen molar-refractivity contribution in [1.29, 1.82) is 0 Å². The predicted octanol–water partition coefficient (Wildman–Crippen LogP) is 4.85. The molecule has 0 N–H and O–H groups in total. The minimum atomic E-state index is 0.141. The van der Waals surface area contributed by atoms with E-state index in [0.29, 0.717) is 19.6 Å². The van der Waals surface area contributed by atoms with Gasteiger partial charge in [-0.15, -0.1) is 0 Å². The third-order valence-electron chi connectivity index (χ3n) is 5.96. The van der Waals surface area contributed by atoms with E-state index in [9.17, 15) is 4.79 Å². The summed E-state index contributed by atoms with van der Waals surface area (Å²) in [6, 6.07) is 14.5. The number of hydrogen-bond acceptors (Lipinski definition) is 3. The highest BCUT2D eigenvalue weighted by Gasteiger charge is 2.33. The number of amides is 1. The van der Waals surface area contributed by atoms with Crippen LogP contribution in [0.1, 0.15) is 49.1 Å². The summed E-state index contributed by atoms with van der Waals surface area (Å²) in [6.07, 6.45) is 2.70. The highest BCUT2D eigenvalue weighted by Crippen LogP contribution is 2.30. The van der Waals surface area contributed by atoms with E-state index in [1.165, 1.54) is 5.56 Å². The zero-order valence-electron chi connectivity index (χ0n) is 18.2. The number of nitrogens with zero attached hydrogens (tertiary/aromatic N) is 3. The lowest BCUT2D eigenvalue weighted by Gasteiger charge is -2.17. The number of rotatable bonds is 8. The van der Waals surface area contributed by atoms with E-state index < -0.39 is 0 Å². The standard InChI is InChI=1S/C25H31N3O2/c1-4-5-12-27-17-20(16-24(27)29)25-26-21-8-6-7-9-22(21)28(25)13-14-30-23-15-18(2)10-11-19(23)3/h6-11,15,20H,4-5,12-14,16-17H2,1-3H3. The molecule has 2 heterocycles. The number of benzene rings is 2. The van der Waals surface area contributed by atoms with Crippen molar-refractivity contribution >= 4 is 16.9 Å². The van der Waals surface area contributed by atoms with Gasteiger partial charge >= 0.3 is 0 Å². The van der Waals surface area contributed by atoms with E-state index in [-0.39, 0.29) is 11.8 Å². The molecule has 0 radical (unpaired) electrons. The first-order valence-electron chi connectivity index (χ1n) is 11.0. The van der Waals surface area contributed by atoms with Crippen molar-refractivity contribution in [2.24, 2.45) is 0 Å². The largest absolute Gasteiger partial charge is 0.491 e. The second kappa shape index (κ2) is 8.90. The van der Waals surface area contributed by atoms with Gasteiger partial charge in [-0.3, -0.25) is 4.79 Å². The fourth-order valence-corrected chi connectivity index (χ4v) is 4.26. The summed E-state index contributed by atoms with van der Waals surface area (Å²) in [5.74, 6) is 2.33. The van der Waals surface area contributed by atoms with Crippen molar-refractivity contribution in [3.63, 3.8) is 0 Å². The number of unbranched alkanes of at least 4 members (excludes halogenated alkanes) is 1. The molecule has 158 valence electrons. The van der Waals surface area contributed by atoms with E-state index in [4.69, 9.17) is 9.72 Å². The van der Waals surface area contributed by atoms with Crippen LogP contribution in [0.2, 0.25) is 0 Å². The van der Waals surface area contributed by atoms with Crippen LogP contribution in [0, 0.1) is 13.8 Å². The molecule has 1 unspecified atom stereocenters. The van der Waals surface area contributed by atoms with Crippen LogP contribution in [0.15, 0.2) is 42.5 Å². The van der Waals surface area contributed by atoms with Gasteiger partial charge in [-0.05, 0) is 49.6 Å². The molecule has 1 fully saturated rings. The van der Waals surface area contributed by atoms with Crippen LogP contribution < -0.4 is 4.74 Å². The summed E-state index contributed by atoms with van der Waals surface area (Å²) in [7, 11) is 0. The fraction of sp³-hybridized carbons (Fsp3) is 0.440. The van der Waals surface area contributed by atoms with Crippen LogP contribution in [0.3, 0.4) is 0 Å². The third kappa shape index (κ3) is 4.20. The molecule has 1 aliphatic rings. The van der Waals surface area contributed by atoms with Gasteiger partial charge in [0.25, 0.3) is 0 Å². The molecule has 0 saturated carbocycles. The molecule has 1 saturated heterocycles. The Balaban J connectivity index is 1.55. The molecule has 30 heavy (non-hydrogen) atoms. The summed E-state index contributed by atoms with van der Waals surface area (Å²) in [5.41, 5.74) is 4.43. The zero-order valence-corrected chi connectivity index (χ0v) is 18.2. The molecule has 4 rings (SSSR count). The number of imidazole rings is 1. The van der Waals surface area contributed by atoms with Crippen LogP contribution in [-0.2, 0) is 11.3 Å². The van der Waals surface area contributed by atoms with Gasteiger partial charge in [-0.2, -0.15) is 0 Å². The molecule has 0 spiro atoms. The summed E-state index contributed by atoms with van der Waals surface area (Å²) in [4.78, 5) is 19.5. The highest BCUT2D eigenvalue weighted by atomic mass is 16.5. The maximum atomic E-state index is 12.5. The van der Waals surface area contributed by atoms with E-state index in [0.717, 1.165) is 54.1 Å². The van der Waals surface area contributed by atoms with Crippen molar-refractivity contribution in [3.8, 4) is 5.75 Å². The molecule has 1 aromatic heterocycles. The van der Waals surface area contributed by atoms with E-state index in [1.54, 1.807) is 0 Å². The second-order valence-electron chi connectivity index (χ2n) is 8.32. The number of aryl methyl sites for hydroxylation is 2. The molecule has 5 nitrogen and oxygen atoms in total. The smallest absolute Gasteiger partial charge is 0.223 e. The number of fused-ring (bicyclic) bond motifs is 1. The molecule has 1 aliphatic heterocycles. The molecule has 0 bridgehead atoms. The highest BCUT2D eigenvalue weighted by molar-refractivity contribution is 5.80. The normalized spacial score (nSPS) is 16.6. The first kappa shape index (κ1) is 20.5. The number of hydrogen-bond donors (Lipinski definition) is 0. The summed E-state index contributed by atoms with van der Waals surface area (Å²) < 4.78 is 8.38. The van der Waals surface area contributed by atoms with Crippen LogP contribution in [0.5, 0.6) is 5.75 Å². The second-order valence-corrected chi connectivity index (χ2v) is 8.32. The molecule has 5 heteroatoms. The summed E-state index contributed by atoms with van der Waals surface area (Å²) in [5, 5.41) is 0. The van der Waals surface area contributed by atoms with E-state index >= 15 is 0 Å². The first-order valence-corrected chi connectivity index (χ1v) is 11.0. The molecular formula is C25H31N3O2. The SMILES string of the molecule is CCCCN1CC(c2nc3ccccc3n2CCOc2cc(C)ccc2C)CC1=O. The zero-order chi connectivity index (χ0) is 21.1. The quantitative estimate of drug-likeness (QED) is 0.538. The lowest BCUT2D eigenvalue weighted by atomic mass is 10.1. The van der Waals surface area contributed by atoms with Gasteiger partial charge in [0.15, 0.2) is 0 Å². The number of aromatic nitrogens is 2. The van der Waals surface area contributed by atoms with Crippen LogP contribution in [0.4, 0.5) is 0 Å². The lowest BCUT2D eigenvalue weighted by Crippen LogP contribution is -2.26. The predicted molar refractivity (Wildman–Crippen MR) is 120 cm³/mol. The van der Waals surface area contributed by atoms with Crippen molar-refractivity contribution in [2.75, 3.05) is 19.7 Å². The molecule has 1 atom stereocenters. The fourth-order valence-electron chi connectivity index (χ4n) is 4.26. The number of carbonyl (C=O) groups is 1. The van der Waals surface area contributed by atoms with E-state index in [2.05, 4.69) is 49.6 Å². The van der Waals surface area contributed by atoms with Gasteiger partial charge < -0.3 is 14.2 Å². The Bertz CT molecular complexity index is 1040. The van der Waals surface area contributed by atoms with Crippen molar-refractivity contribution < 1.29 is 9.53 Å². The van der Waals surface area contributed by atoms with Crippen molar-refractivity contribution in [3.05, 3.63) is 59.4 Å². The average Bonchev–Trinajstić information content (AvgIpc) is 3.29. The molecule has 1 amide bonds. The Labute approximate surface area is 178 Å². The molecule has 0 aliphatic carbocycles. The van der Waals surface area contributed by atoms with Crippen LogP contribution >= 0.6 is 0 Å². The Morgan fingerprint density at radius 1 is 1.13 bits per heavy atom. The monoisotopic (exact) mass is 405 g/mol. The Kier molecular flexibility index (Phi) is 6.07. The van der Waals surface area contributed by atoms with E-state index in [1.807, 2.05) is 23.1 Å². The first-order chi connectivity index (χ1) is 14.6. The van der Waals surface area contributed by atoms with Gasteiger partial charge in [0, 0.05) is 25.4 Å². The van der Waals surface area contributed by atoms with Gasteiger partial charge in [0.1, 0.15) is 18.2 Å². The van der Waals surface area contributed by atoms with Gasteiger partial charge in [0.05, 0.1) is 17.6 Å². The summed E-state index contributed by atoms with van der Waals surface area (Å²) in [6.45, 7) is 9.20. The Morgan fingerprint density at radius 3 is 2.80 bits per heavy atom. The van der Waals surface area contributed by atoms with Gasteiger partial charge in [-0.25, -0.2) is 4.98 Å². The molecule has 3 aromatic rings. The number of para-hydroxylation sites is 2. The van der Waals surface area contributed by atoms with Gasteiger partial charge in [0.2, 0.25) is 5.91 Å². The maximum absolute atomic E-state index is 12.5. The van der Waals surface area contributed by atoms with Crippen molar-refractivity contribution in [2.45, 2.75) is 52.5 Å². The lowest BCUT2D eigenvalue weighted by molar-refractivity contribution is -0.127. The summed E-state index contributed by atoms with van der Waals surface area (Å²) >= 11 is 0. The maximum Gasteiger partial charge on any atom is 0.223 e. The van der Waals surface area contributed by atoms with Crippen molar-refractivity contribution in [1.82, 2.24) is 14.5 Å². The number of likely N-dealkylation sites (tertiary alicyclic amines) is 1. The van der Waals surface area contributed by atoms with Crippen LogP contribution in [0.25, 0.3) is 11.0 Å². The Morgan fingerprint density at radius 2 is 1.97 bits per heavy atom. The number of carbonyl (C=O) groups excluding carboxylic acids is 1. The third-order valence-corrected chi connectivity index (χ3v) is 5.96. The van der Waals surface area contributed by atoms with Crippen LogP contribution in [-0.4, -0.2) is 40.1 Å². The van der Waals surface area contributed by atoms with Gasteiger partial charge in [-0.1, -0.05) is 37.6 Å². The minimum absolute atomic E-state index is 0.141. The number of ether oxygens (including phenoxy) is 1.